The van der Waals surface area contributed by atoms with Crippen molar-refractivity contribution in [3.63, 3.8) is 0 Å². The average Bonchev–Trinajstić information content (AvgIpc) is 2.15. The number of rotatable bonds is 4. The lowest BCUT2D eigenvalue weighted by atomic mass is 10.1. The summed E-state index contributed by atoms with van der Waals surface area (Å²) in [6.07, 6.45) is 6.97. The minimum atomic E-state index is 0.274. The average molecular weight is 268 g/mol. The quantitative estimate of drug-likeness (QED) is 0.674. The van der Waals surface area contributed by atoms with Crippen LogP contribution in [0.5, 0.6) is 0 Å². The van der Waals surface area contributed by atoms with Crippen molar-refractivity contribution in [2.24, 2.45) is 0 Å². The van der Waals surface area contributed by atoms with Crippen molar-refractivity contribution in [1.29, 1.82) is 0 Å². The molecule has 1 aromatic heterocycles. The van der Waals surface area contributed by atoms with E-state index in [0.29, 0.717) is 6.42 Å². The van der Waals surface area contributed by atoms with E-state index in [1.54, 1.807) is 0 Å². The summed E-state index contributed by atoms with van der Waals surface area (Å²) in [6.45, 7) is 3.95. The molecule has 0 fully saturated rings. The zero-order valence-corrected chi connectivity index (χ0v) is 10.5. The van der Waals surface area contributed by atoms with Crippen LogP contribution < -0.4 is 5.32 Å². The van der Waals surface area contributed by atoms with Crippen LogP contribution in [0, 0.1) is 19.3 Å². The number of hydrogen-bond acceptors (Lipinski definition) is 3. The predicted molar refractivity (Wildman–Crippen MR) is 65.6 cm³/mol. The van der Waals surface area contributed by atoms with Gasteiger partial charge >= 0.3 is 0 Å². The number of anilines is 1. The highest BCUT2D eigenvalue weighted by molar-refractivity contribution is 9.10. The first-order valence-electron chi connectivity index (χ1n) is 4.87. The summed E-state index contributed by atoms with van der Waals surface area (Å²) in [7, 11) is 0. The number of hydrogen-bond donors (Lipinski definition) is 1. The van der Waals surface area contributed by atoms with Crippen molar-refractivity contribution in [3.8, 4) is 12.3 Å². The van der Waals surface area contributed by atoms with E-state index in [1.807, 2.05) is 13.0 Å². The number of aromatic nitrogens is 2. The molecular weight excluding hydrogens is 254 g/mol. The standard InChI is InChI=1S/C11H14BrN3/c1-4-6-9(5-2)15-11-7-10(12)13-8(3)14-11/h1,7,9H,5-6H2,2-3H3,(H,13,14,15). The van der Waals surface area contributed by atoms with Gasteiger partial charge in [-0.25, -0.2) is 9.97 Å². The molecule has 0 spiro atoms. The molecule has 0 aliphatic heterocycles. The smallest absolute Gasteiger partial charge is 0.131 e. The molecule has 0 aromatic carbocycles. The maximum atomic E-state index is 5.29. The third kappa shape index (κ3) is 3.88. The van der Waals surface area contributed by atoms with E-state index in [2.05, 4.69) is 44.1 Å². The van der Waals surface area contributed by atoms with Gasteiger partial charge in [0.25, 0.3) is 0 Å². The van der Waals surface area contributed by atoms with E-state index in [4.69, 9.17) is 6.42 Å². The minimum Gasteiger partial charge on any atom is -0.366 e. The Morgan fingerprint density at radius 3 is 2.87 bits per heavy atom. The molecule has 0 aliphatic carbocycles. The number of nitrogens with zero attached hydrogens (tertiary/aromatic N) is 2. The second kappa shape index (κ2) is 5.72. The Labute approximate surface area is 98.8 Å². The van der Waals surface area contributed by atoms with Crippen molar-refractivity contribution in [1.82, 2.24) is 9.97 Å². The molecule has 1 rings (SSSR count). The third-order valence-corrected chi connectivity index (χ3v) is 2.42. The largest absolute Gasteiger partial charge is 0.366 e. The second-order valence-corrected chi connectivity index (χ2v) is 4.09. The summed E-state index contributed by atoms with van der Waals surface area (Å²) in [5.74, 6) is 4.21. The maximum Gasteiger partial charge on any atom is 0.131 e. The van der Waals surface area contributed by atoms with Crippen LogP contribution in [0.4, 0.5) is 5.82 Å². The summed E-state index contributed by atoms with van der Waals surface area (Å²) >= 11 is 3.33. The Hall–Kier alpha value is -1.08. The van der Waals surface area contributed by atoms with Gasteiger partial charge in [-0.15, -0.1) is 12.3 Å². The molecule has 80 valence electrons. The lowest BCUT2D eigenvalue weighted by Crippen LogP contribution is -2.18. The predicted octanol–water partition coefficient (Wildman–Crippen LogP) is 2.76. The molecule has 4 heteroatoms. The van der Waals surface area contributed by atoms with E-state index in [1.165, 1.54) is 0 Å². The van der Waals surface area contributed by atoms with Crippen molar-refractivity contribution < 1.29 is 0 Å². The number of nitrogens with one attached hydrogen (secondary N) is 1. The van der Waals surface area contributed by atoms with Crippen molar-refractivity contribution in [2.45, 2.75) is 32.7 Å². The van der Waals surface area contributed by atoms with E-state index in [0.717, 1.165) is 22.7 Å². The summed E-state index contributed by atoms with van der Waals surface area (Å²) in [4.78, 5) is 8.42. The Kier molecular flexibility index (Phi) is 4.57. The van der Waals surface area contributed by atoms with Crippen LogP contribution in [-0.2, 0) is 0 Å². The lowest BCUT2D eigenvalue weighted by molar-refractivity contribution is 0.710. The highest BCUT2D eigenvalue weighted by Crippen LogP contribution is 2.14. The van der Waals surface area contributed by atoms with Gasteiger partial charge in [0.2, 0.25) is 0 Å². The third-order valence-electron chi connectivity index (χ3n) is 2.02. The SMILES string of the molecule is C#CCC(CC)Nc1cc(Br)nc(C)n1. The van der Waals surface area contributed by atoms with Crippen molar-refractivity contribution in [3.05, 3.63) is 16.5 Å². The highest BCUT2D eigenvalue weighted by Gasteiger charge is 2.06. The number of terminal acetylenes is 1. The molecule has 0 saturated carbocycles. The highest BCUT2D eigenvalue weighted by atomic mass is 79.9. The number of halogens is 1. The van der Waals surface area contributed by atoms with Gasteiger partial charge in [0.05, 0.1) is 0 Å². The van der Waals surface area contributed by atoms with Crippen molar-refractivity contribution in [2.75, 3.05) is 5.32 Å². The minimum absolute atomic E-state index is 0.274. The molecule has 0 saturated heterocycles. The molecule has 1 unspecified atom stereocenters. The lowest BCUT2D eigenvalue weighted by Gasteiger charge is -2.15. The molecule has 15 heavy (non-hydrogen) atoms. The van der Waals surface area contributed by atoms with Gasteiger partial charge < -0.3 is 5.32 Å². The fourth-order valence-electron chi connectivity index (χ4n) is 1.25. The molecule has 1 atom stereocenters. The van der Waals surface area contributed by atoms with E-state index >= 15 is 0 Å². The van der Waals surface area contributed by atoms with Gasteiger partial charge in [0, 0.05) is 18.5 Å². The van der Waals surface area contributed by atoms with E-state index in [-0.39, 0.29) is 6.04 Å². The molecular formula is C11H14BrN3. The van der Waals surface area contributed by atoms with Crippen LogP contribution in [0.15, 0.2) is 10.7 Å². The van der Waals surface area contributed by atoms with Crippen LogP contribution in [0.25, 0.3) is 0 Å². The molecule has 0 aliphatic rings. The van der Waals surface area contributed by atoms with Gasteiger partial charge in [-0.05, 0) is 29.3 Å². The summed E-state index contributed by atoms with van der Waals surface area (Å²) in [5.41, 5.74) is 0. The number of aryl methyl sites for hydroxylation is 1. The Morgan fingerprint density at radius 1 is 1.60 bits per heavy atom. The molecule has 1 N–H and O–H groups in total. The van der Waals surface area contributed by atoms with Gasteiger partial charge in [0.15, 0.2) is 0 Å². The fraction of sp³-hybridized carbons (Fsp3) is 0.455. The van der Waals surface area contributed by atoms with Crippen molar-refractivity contribution >= 4 is 21.7 Å². The van der Waals surface area contributed by atoms with Crippen LogP contribution in [0.3, 0.4) is 0 Å². The van der Waals surface area contributed by atoms with Gasteiger partial charge in [-0.1, -0.05) is 6.92 Å². The normalized spacial score (nSPS) is 11.9. The van der Waals surface area contributed by atoms with Crippen LogP contribution in [0.2, 0.25) is 0 Å². The summed E-state index contributed by atoms with van der Waals surface area (Å²) in [6, 6.07) is 2.13. The van der Waals surface area contributed by atoms with Crippen LogP contribution >= 0.6 is 15.9 Å². The molecule has 0 bridgehead atoms. The first-order chi connectivity index (χ1) is 7.15. The Balaban J connectivity index is 2.75. The van der Waals surface area contributed by atoms with Crippen LogP contribution in [0.1, 0.15) is 25.6 Å². The molecule has 0 radical (unpaired) electrons. The zero-order valence-electron chi connectivity index (χ0n) is 8.92. The Bertz CT molecular complexity index is 350. The Morgan fingerprint density at radius 2 is 2.33 bits per heavy atom. The maximum absolute atomic E-state index is 5.29. The first kappa shape index (κ1) is 12.0. The molecule has 0 amide bonds. The molecule has 1 heterocycles. The summed E-state index contributed by atoms with van der Waals surface area (Å²) < 4.78 is 0.785. The monoisotopic (exact) mass is 267 g/mol. The second-order valence-electron chi connectivity index (χ2n) is 3.28. The zero-order chi connectivity index (χ0) is 11.3. The van der Waals surface area contributed by atoms with E-state index in [9.17, 15) is 0 Å². The summed E-state index contributed by atoms with van der Waals surface area (Å²) in [5, 5.41) is 3.29. The molecule has 1 aromatic rings. The van der Waals surface area contributed by atoms with Gasteiger partial charge in [-0.2, -0.15) is 0 Å². The topological polar surface area (TPSA) is 37.8 Å². The van der Waals surface area contributed by atoms with Gasteiger partial charge in [-0.3, -0.25) is 0 Å². The fourth-order valence-corrected chi connectivity index (χ4v) is 1.73. The first-order valence-corrected chi connectivity index (χ1v) is 5.66. The van der Waals surface area contributed by atoms with Crippen LogP contribution in [-0.4, -0.2) is 16.0 Å². The van der Waals surface area contributed by atoms with Gasteiger partial charge in [0.1, 0.15) is 16.2 Å². The molecule has 3 nitrogen and oxygen atoms in total. The van der Waals surface area contributed by atoms with E-state index < -0.39 is 0 Å².